The first-order valence-electron chi connectivity index (χ1n) is 5.10. The second kappa shape index (κ2) is 6.17. The van der Waals surface area contributed by atoms with Crippen molar-refractivity contribution in [3.05, 3.63) is 21.8 Å². The maximum atomic E-state index is 9.57. The van der Waals surface area contributed by atoms with Crippen molar-refractivity contribution in [2.45, 2.75) is 25.9 Å². The van der Waals surface area contributed by atoms with E-state index >= 15 is 0 Å². The minimum absolute atomic E-state index is 0.275. The lowest BCUT2D eigenvalue weighted by atomic mass is 10.2. The topological polar surface area (TPSA) is 58.3 Å². The van der Waals surface area contributed by atoms with Gasteiger partial charge < -0.3 is 16.2 Å². The van der Waals surface area contributed by atoms with Crippen LogP contribution in [0.15, 0.2) is 18.2 Å². The SMILES string of the molecule is CCCC(O)CNc1ccc(N)cc1I. The molecule has 0 saturated heterocycles. The lowest BCUT2D eigenvalue weighted by Crippen LogP contribution is -2.19. The summed E-state index contributed by atoms with van der Waals surface area (Å²) in [4.78, 5) is 0. The van der Waals surface area contributed by atoms with E-state index in [1.165, 1.54) is 0 Å². The van der Waals surface area contributed by atoms with Gasteiger partial charge in [0.25, 0.3) is 0 Å². The fourth-order valence-electron chi connectivity index (χ4n) is 1.34. The molecule has 1 aromatic carbocycles. The third-order valence-corrected chi connectivity index (χ3v) is 3.04. The highest BCUT2D eigenvalue weighted by atomic mass is 127. The maximum Gasteiger partial charge on any atom is 0.0712 e. The molecule has 0 aliphatic rings. The molecule has 0 radical (unpaired) electrons. The average molecular weight is 320 g/mol. The number of rotatable bonds is 5. The van der Waals surface area contributed by atoms with E-state index in [4.69, 9.17) is 5.73 Å². The normalized spacial score (nSPS) is 12.5. The van der Waals surface area contributed by atoms with E-state index in [2.05, 4.69) is 34.8 Å². The van der Waals surface area contributed by atoms with E-state index < -0.39 is 0 Å². The van der Waals surface area contributed by atoms with Crippen LogP contribution in [0.5, 0.6) is 0 Å². The molecule has 0 spiro atoms. The van der Waals surface area contributed by atoms with E-state index in [1.807, 2.05) is 18.2 Å². The molecule has 1 atom stereocenters. The Morgan fingerprint density at radius 2 is 2.27 bits per heavy atom. The third kappa shape index (κ3) is 4.25. The van der Waals surface area contributed by atoms with Crippen molar-refractivity contribution in [1.82, 2.24) is 0 Å². The predicted octanol–water partition coefficient (Wildman–Crippen LogP) is 2.45. The van der Waals surface area contributed by atoms with Gasteiger partial charge in [-0.15, -0.1) is 0 Å². The molecular weight excluding hydrogens is 303 g/mol. The first-order chi connectivity index (χ1) is 7.13. The number of aliphatic hydroxyl groups is 1. The van der Waals surface area contributed by atoms with E-state index in [0.29, 0.717) is 6.54 Å². The largest absolute Gasteiger partial charge is 0.399 e. The second-order valence-electron chi connectivity index (χ2n) is 3.56. The Labute approximate surface area is 104 Å². The van der Waals surface area contributed by atoms with Gasteiger partial charge in [-0.25, -0.2) is 0 Å². The number of nitrogen functional groups attached to an aromatic ring is 1. The minimum atomic E-state index is -0.275. The number of aliphatic hydroxyl groups excluding tert-OH is 1. The van der Waals surface area contributed by atoms with Gasteiger partial charge in [0.2, 0.25) is 0 Å². The summed E-state index contributed by atoms with van der Waals surface area (Å²) in [5, 5.41) is 12.8. The Morgan fingerprint density at radius 3 is 2.87 bits per heavy atom. The molecule has 1 unspecified atom stereocenters. The first-order valence-corrected chi connectivity index (χ1v) is 6.18. The highest BCUT2D eigenvalue weighted by Gasteiger charge is 2.04. The van der Waals surface area contributed by atoms with Crippen molar-refractivity contribution >= 4 is 34.0 Å². The van der Waals surface area contributed by atoms with Crippen LogP contribution < -0.4 is 11.1 Å². The van der Waals surface area contributed by atoms with Crippen LogP contribution in [-0.2, 0) is 0 Å². The van der Waals surface area contributed by atoms with E-state index in [-0.39, 0.29) is 6.10 Å². The first kappa shape index (κ1) is 12.6. The zero-order valence-corrected chi connectivity index (χ0v) is 11.0. The standard InChI is InChI=1S/C11H17IN2O/c1-2-3-9(15)7-14-11-5-4-8(13)6-10(11)12/h4-6,9,14-15H,2-3,7,13H2,1H3. The van der Waals surface area contributed by atoms with E-state index in [0.717, 1.165) is 27.8 Å². The molecule has 84 valence electrons. The van der Waals surface area contributed by atoms with Crippen molar-refractivity contribution < 1.29 is 5.11 Å². The van der Waals surface area contributed by atoms with Gasteiger partial charge in [-0.05, 0) is 47.2 Å². The summed E-state index contributed by atoms with van der Waals surface area (Å²) in [6.07, 6.45) is 1.56. The van der Waals surface area contributed by atoms with Crippen molar-refractivity contribution in [2.24, 2.45) is 0 Å². The van der Waals surface area contributed by atoms with Crippen molar-refractivity contribution in [3.63, 3.8) is 0 Å². The van der Waals surface area contributed by atoms with Crippen LogP contribution in [0, 0.1) is 3.57 Å². The molecule has 0 aliphatic heterocycles. The lowest BCUT2D eigenvalue weighted by molar-refractivity contribution is 0.176. The number of anilines is 2. The summed E-state index contributed by atoms with van der Waals surface area (Å²) in [5.74, 6) is 0. The molecule has 0 aromatic heterocycles. The zero-order chi connectivity index (χ0) is 11.3. The summed E-state index contributed by atoms with van der Waals surface area (Å²) in [5.41, 5.74) is 7.44. The quantitative estimate of drug-likeness (QED) is 0.577. The van der Waals surface area contributed by atoms with Crippen LogP contribution >= 0.6 is 22.6 Å². The highest BCUT2D eigenvalue weighted by molar-refractivity contribution is 14.1. The smallest absolute Gasteiger partial charge is 0.0712 e. The summed E-state index contributed by atoms with van der Waals surface area (Å²) in [7, 11) is 0. The molecule has 0 fully saturated rings. The monoisotopic (exact) mass is 320 g/mol. The Morgan fingerprint density at radius 1 is 1.53 bits per heavy atom. The second-order valence-corrected chi connectivity index (χ2v) is 4.72. The summed E-state index contributed by atoms with van der Waals surface area (Å²) in [6, 6.07) is 5.71. The molecule has 0 saturated carbocycles. The summed E-state index contributed by atoms with van der Waals surface area (Å²) < 4.78 is 1.08. The van der Waals surface area contributed by atoms with Crippen molar-refractivity contribution in [2.75, 3.05) is 17.6 Å². The Kier molecular flexibility index (Phi) is 5.17. The Balaban J connectivity index is 2.50. The number of nitrogens with two attached hydrogens (primary N) is 1. The van der Waals surface area contributed by atoms with Gasteiger partial charge in [0.1, 0.15) is 0 Å². The number of halogens is 1. The van der Waals surface area contributed by atoms with Crippen LogP contribution in [-0.4, -0.2) is 17.8 Å². The lowest BCUT2D eigenvalue weighted by Gasteiger charge is -2.13. The van der Waals surface area contributed by atoms with Gasteiger partial charge in [-0.3, -0.25) is 0 Å². The summed E-state index contributed by atoms with van der Waals surface area (Å²) >= 11 is 2.23. The molecule has 4 heteroatoms. The predicted molar refractivity (Wildman–Crippen MR) is 73.0 cm³/mol. The van der Waals surface area contributed by atoms with Gasteiger partial charge in [-0.1, -0.05) is 13.3 Å². The van der Waals surface area contributed by atoms with Gasteiger partial charge in [0, 0.05) is 21.5 Å². The molecule has 4 N–H and O–H groups in total. The van der Waals surface area contributed by atoms with Gasteiger partial charge in [-0.2, -0.15) is 0 Å². The molecule has 3 nitrogen and oxygen atoms in total. The number of hydrogen-bond donors (Lipinski definition) is 3. The fourth-order valence-corrected chi connectivity index (χ4v) is 2.07. The van der Waals surface area contributed by atoms with Crippen molar-refractivity contribution in [3.8, 4) is 0 Å². The Bertz CT molecular complexity index is 317. The van der Waals surface area contributed by atoms with Crippen molar-refractivity contribution in [1.29, 1.82) is 0 Å². The molecule has 0 heterocycles. The van der Waals surface area contributed by atoms with Crippen LogP contribution in [0.1, 0.15) is 19.8 Å². The average Bonchev–Trinajstić information content (AvgIpc) is 2.17. The molecular formula is C11H17IN2O. The molecule has 1 aromatic rings. The number of benzene rings is 1. The van der Waals surface area contributed by atoms with Gasteiger partial charge >= 0.3 is 0 Å². The van der Waals surface area contributed by atoms with Gasteiger partial charge in [0.05, 0.1) is 6.10 Å². The van der Waals surface area contributed by atoms with Crippen LogP contribution in [0.4, 0.5) is 11.4 Å². The molecule has 0 bridgehead atoms. The fraction of sp³-hybridized carbons (Fsp3) is 0.455. The number of nitrogens with one attached hydrogen (secondary N) is 1. The summed E-state index contributed by atoms with van der Waals surface area (Å²) in [6.45, 7) is 2.66. The molecule has 1 rings (SSSR count). The van der Waals surface area contributed by atoms with E-state index in [9.17, 15) is 5.11 Å². The van der Waals surface area contributed by atoms with Crippen LogP contribution in [0.3, 0.4) is 0 Å². The molecule has 0 aliphatic carbocycles. The van der Waals surface area contributed by atoms with Gasteiger partial charge in [0.15, 0.2) is 0 Å². The Hall–Kier alpha value is -0.490. The van der Waals surface area contributed by atoms with Crippen LogP contribution in [0.2, 0.25) is 0 Å². The maximum absolute atomic E-state index is 9.57. The van der Waals surface area contributed by atoms with E-state index in [1.54, 1.807) is 0 Å². The van der Waals surface area contributed by atoms with Crippen LogP contribution in [0.25, 0.3) is 0 Å². The highest BCUT2D eigenvalue weighted by Crippen LogP contribution is 2.20. The molecule has 0 amide bonds. The zero-order valence-electron chi connectivity index (χ0n) is 8.83. The number of hydrogen-bond acceptors (Lipinski definition) is 3. The minimum Gasteiger partial charge on any atom is -0.399 e. The third-order valence-electron chi connectivity index (χ3n) is 2.14. The molecule has 15 heavy (non-hydrogen) atoms.